The quantitative estimate of drug-likeness (QED) is 0.781. The van der Waals surface area contributed by atoms with Crippen LogP contribution in [0, 0.1) is 5.92 Å². The number of hydrogen-bond donors (Lipinski definition) is 0. The number of carbonyl (C=O) groups is 1. The molecule has 1 fully saturated rings. The molecule has 0 radical (unpaired) electrons. The van der Waals surface area contributed by atoms with Crippen molar-refractivity contribution in [2.24, 2.45) is 5.92 Å². The average Bonchev–Trinajstić information content (AvgIpc) is 3.03. The standard InChI is InChI=1S/C18H24N4OS/c1-3-22-17(15-9-5-4-6-10-15)19-20-18(22)24-13-16(23)21-11-7-8-14(2)12-21/h4-6,9-10,14H,3,7-8,11-13H2,1-2H3/t14-/m1/s1. The van der Waals surface area contributed by atoms with Crippen LogP contribution in [-0.2, 0) is 11.3 Å². The lowest BCUT2D eigenvalue weighted by Gasteiger charge is -2.30. The van der Waals surface area contributed by atoms with E-state index in [9.17, 15) is 4.79 Å². The minimum Gasteiger partial charge on any atom is -0.342 e. The first-order valence-corrected chi connectivity index (χ1v) is 9.56. The Morgan fingerprint density at radius 3 is 2.79 bits per heavy atom. The molecule has 5 nitrogen and oxygen atoms in total. The first kappa shape index (κ1) is 17.0. The van der Waals surface area contributed by atoms with Crippen molar-refractivity contribution in [1.29, 1.82) is 0 Å². The second-order valence-corrected chi connectivity index (χ2v) is 7.23. The number of amides is 1. The number of nitrogens with zero attached hydrogens (tertiary/aromatic N) is 4. The molecule has 3 rings (SSSR count). The lowest BCUT2D eigenvalue weighted by Crippen LogP contribution is -2.40. The Balaban J connectivity index is 1.67. The van der Waals surface area contributed by atoms with E-state index in [1.165, 1.54) is 18.2 Å². The normalized spacial score (nSPS) is 17.9. The highest BCUT2D eigenvalue weighted by Gasteiger charge is 2.22. The zero-order chi connectivity index (χ0) is 16.9. The van der Waals surface area contributed by atoms with E-state index in [0.717, 1.165) is 42.6 Å². The van der Waals surface area contributed by atoms with Crippen LogP contribution in [0.3, 0.4) is 0 Å². The van der Waals surface area contributed by atoms with Crippen molar-refractivity contribution in [3.63, 3.8) is 0 Å². The molecular weight excluding hydrogens is 320 g/mol. The smallest absolute Gasteiger partial charge is 0.233 e. The minimum absolute atomic E-state index is 0.207. The summed E-state index contributed by atoms with van der Waals surface area (Å²) in [5, 5.41) is 9.44. The van der Waals surface area contributed by atoms with Crippen molar-refractivity contribution in [2.45, 2.75) is 38.4 Å². The lowest BCUT2D eigenvalue weighted by molar-refractivity contribution is -0.130. The number of likely N-dealkylation sites (tertiary alicyclic amines) is 1. The van der Waals surface area contributed by atoms with Crippen LogP contribution in [-0.4, -0.2) is 44.4 Å². The first-order valence-electron chi connectivity index (χ1n) is 8.58. The maximum absolute atomic E-state index is 12.4. The van der Waals surface area contributed by atoms with Gasteiger partial charge in [-0.2, -0.15) is 0 Å². The molecule has 0 bridgehead atoms. The van der Waals surface area contributed by atoms with Gasteiger partial charge >= 0.3 is 0 Å². The van der Waals surface area contributed by atoms with Crippen molar-refractivity contribution >= 4 is 17.7 Å². The molecule has 1 amide bonds. The van der Waals surface area contributed by atoms with Crippen molar-refractivity contribution in [3.05, 3.63) is 30.3 Å². The van der Waals surface area contributed by atoms with Gasteiger partial charge in [0.05, 0.1) is 5.75 Å². The summed E-state index contributed by atoms with van der Waals surface area (Å²) in [7, 11) is 0. The predicted molar refractivity (Wildman–Crippen MR) is 96.8 cm³/mol. The second-order valence-electron chi connectivity index (χ2n) is 6.29. The number of benzene rings is 1. The van der Waals surface area contributed by atoms with Crippen molar-refractivity contribution in [2.75, 3.05) is 18.8 Å². The first-order chi connectivity index (χ1) is 11.7. The molecule has 0 spiro atoms. The number of aromatic nitrogens is 3. The SMILES string of the molecule is CCn1c(SCC(=O)N2CCC[C@@H](C)C2)nnc1-c1ccccc1. The van der Waals surface area contributed by atoms with Crippen LogP contribution >= 0.6 is 11.8 Å². The Hall–Kier alpha value is -1.82. The summed E-state index contributed by atoms with van der Waals surface area (Å²) >= 11 is 1.49. The monoisotopic (exact) mass is 344 g/mol. The van der Waals surface area contributed by atoms with Gasteiger partial charge in [-0.25, -0.2) is 0 Å². The molecule has 2 aromatic rings. The third-order valence-electron chi connectivity index (χ3n) is 4.40. The molecule has 0 unspecified atom stereocenters. The molecule has 1 aromatic carbocycles. The van der Waals surface area contributed by atoms with Crippen LogP contribution in [0.2, 0.25) is 0 Å². The van der Waals surface area contributed by atoms with Gasteiger partial charge in [-0.1, -0.05) is 49.0 Å². The summed E-state index contributed by atoms with van der Waals surface area (Å²) in [4.78, 5) is 14.4. The van der Waals surface area contributed by atoms with Crippen molar-refractivity contribution in [3.8, 4) is 11.4 Å². The molecule has 1 aliphatic rings. The highest BCUT2D eigenvalue weighted by Crippen LogP contribution is 2.24. The summed E-state index contributed by atoms with van der Waals surface area (Å²) in [5.74, 6) is 2.11. The van der Waals surface area contributed by atoms with Gasteiger partial charge in [0.15, 0.2) is 11.0 Å². The van der Waals surface area contributed by atoms with Gasteiger partial charge in [0.2, 0.25) is 5.91 Å². The van der Waals surface area contributed by atoms with E-state index in [4.69, 9.17) is 0 Å². The van der Waals surface area contributed by atoms with E-state index in [-0.39, 0.29) is 5.91 Å². The van der Waals surface area contributed by atoms with Crippen LogP contribution in [0.4, 0.5) is 0 Å². The average molecular weight is 344 g/mol. The van der Waals surface area contributed by atoms with Crippen LogP contribution in [0.1, 0.15) is 26.7 Å². The van der Waals surface area contributed by atoms with E-state index in [1.54, 1.807) is 0 Å². The topological polar surface area (TPSA) is 51.0 Å². The summed E-state index contributed by atoms with van der Waals surface area (Å²) in [6.07, 6.45) is 2.34. The predicted octanol–water partition coefficient (Wildman–Crippen LogP) is 3.32. The molecule has 0 saturated carbocycles. The minimum atomic E-state index is 0.207. The van der Waals surface area contributed by atoms with Gasteiger partial charge in [0.1, 0.15) is 0 Å². The van der Waals surface area contributed by atoms with Gasteiger partial charge in [-0.15, -0.1) is 10.2 Å². The van der Waals surface area contributed by atoms with Crippen LogP contribution in [0.25, 0.3) is 11.4 Å². The largest absolute Gasteiger partial charge is 0.342 e. The fourth-order valence-corrected chi connectivity index (χ4v) is 4.02. The van der Waals surface area contributed by atoms with Gasteiger partial charge in [0.25, 0.3) is 0 Å². The molecule has 24 heavy (non-hydrogen) atoms. The molecule has 2 heterocycles. The van der Waals surface area contributed by atoms with E-state index in [0.29, 0.717) is 11.7 Å². The third-order valence-corrected chi connectivity index (χ3v) is 5.35. The molecule has 0 N–H and O–H groups in total. The molecule has 128 valence electrons. The summed E-state index contributed by atoms with van der Waals surface area (Å²) in [6.45, 7) is 6.85. The number of thioether (sulfide) groups is 1. The summed E-state index contributed by atoms with van der Waals surface area (Å²) in [5.41, 5.74) is 1.05. The zero-order valence-electron chi connectivity index (χ0n) is 14.3. The van der Waals surface area contributed by atoms with Gasteiger partial charge < -0.3 is 9.47 Å². The summed E-state index contributed by atoms with van der Waals surface area (Å²) in [6, 6.07) is 10.1. The van der Waals surface area contributed by atoms with Gasteiger partial charge in [-0.3, -0.25) is 4.79 Å². The van der Waals surface area contributed by atoms with Gasteiger partial charge in [-0.05, 0) is 25.7 Å². The molecular formula is C18H24N4OS. The Morgan fingerprint density at radius 2 is 2.08 bits per heavy atom. The Bertz CT molecular complexity index is 686. The van der Waals surface area contributed by atoms with Crippen molar-refractivity contribution < 1.29 is 4.79 Å². The van der Waals surface area contributed by atoms with Crippen molar-refractivity contribution in [1.82, 2.24) is 19.7 Å². The Morgan fingerprint density at radius 1 is 1.29 bits per heavy atom. The fourth-order valence-electron chi connectivity index (χ4n) is 3.11. The van der Waals surface area contributed by atoms with Crippen LogP contribution in [0.5, 0.6) is 0 Å². The maximum atomic E-state index is 12.4. The van der Waals surface area contributed by atoms with E-state index in [1.807, 2.05) is 35.2 Å². The number of hydrogen-bond acceptors (Lipinski definition) is 4. The summed E-state index contributed by atoms with van der Waals surface area (Å²) < 4.78 is 2.08. The maximum Gasteiger partial charge on any atom is 0.233 e. The van der Waals surface area contributed by atoms with Crippen LogP contribution < -0.4 is 0 Å². The number of rotatable bonds is 5. The highest BCUT2D eigenvalue weighted by molar-refractivity contribution is 7.99. The van der Waals surface area contributed by atoms with E-state index < -0.39 is 0 Å². The second kappa shape index (κ2) is 7.83. The Kier molecular flexibility index (Phi) is 5.56. The fraction of sp³-hybridized carbons (Fsp3) is 0.500. The molecule has 1 saturated heterocycles. The molecule has 6 heteroatoms. The molecule has 0 aliphatic carbocycles. The third kappa shape index (κ3) is 3.80. The molecule has 1 aliphatic heterocycles. The van der Waals surface area contributed by atoms with E-state index >= 15 is 0 Å². The molecule has 1 aromatic heterocycles. The zero-order valence-corrected chi connectivity index (χ0v) is 15.1. The number of carbonyl (C=O) groups excluding carboxylic acids is 1. The molecule has 1 atom stereocenters. The van der Waals surface area contributed by atoms with E-state index in [2.05, 4.69) is 28.6 Å². The van der Waals surface area contributed by atoms with Crippen LogP contribution in [0.15, 0.2) is 35.5 Å². The lowest BCUT2D eigenvalue weighted by atomic mass is 10.0. The Labute approximate surface area is 147 Å². The van der Waals surface area contributed by atoms with Gasteiger partial charge in [0, 0.05) is 25.2 Å². The highest BCUT2D eigenvalue weighted by atomic mass is 32.2. The number of piperidine rings is 1.